The third-order valence-electron chi connectivity index (χ3n) is 5.45. The number of nitrogens with two attached hydrogens (primary N) is 2. The van der Waals surface area contributed by atoms with Gasteiger partial charge in [-0.25, -0.2) is 15.8 Å². The van der Waals surface area contributed by atoms with Gasteiger partial charge in [-0.3, -0.25) is 15.0 Å². The van der Waals surface area contributed by atoms with Crippen LogP contribution in [-0.2, 0) is 11.3 Å². The van der Waals surface area contributed by atoms with Crippen LogP contribution in [0.25, 0.3) is 10.9 Å². The smallest absolute Gasteiger partial charge is 0.188 e. The van der Waals surface area contributed by atoms with Gasteiger partial charge in [0, 0.05) is 24.7 Å². The van der Waals surface area contributed by atoms with Crippen molar-refractivity contribution in [2.75, 3.05) is 47.3 Å². The van der Waals surface area contributed by atoms with Crippen LogP contribution in [0.15, 0.2) is 61.2 Å². The molecule has 0 aliphatic carbocycles. The number of anilines is 5. The summed E-state index contributed by atoms with van der Waals surface area (Å²) >= 11 is 0. The van der Waals surface area contributed by atoms with Gasteiger partial charge < -0.3 is 20.7 Å². The fourth-order valence-corrected chi connectivity index (χ4v) is 3.79. The molecule has 0 bridgehead atoms. The van der Waals surface area contributed by atoms with Crippen molar-refractivity contribution < 1.29 is 4.74 Å². The molecule has 0 amide bonds. The van der Waals surface area contributed by atoms with E-state index in [1.807, 2.05) is 36.5 Å². The summed E-state index contributed by atoms with van der Waals surface area (Å²) in [5.74, 6) is 7.51. The van der Waals surface area contributed by atoms with Gasteiger partial charge in [0.05, 0.1) is 55.2 Å². The molecule has 168 valence electrons. The monoisotopic (exact) mass is 443 g/mol. The average molecular weight is 444 g/mol. The minimum atomic E-state index is 0.255. The summed E-state index contributed by atoms with van der Waals surface area (Å²) in [6.45, 7) is 3.52. The van der Waals surface area contributed by atoms with Crippen LogP contribution in [0.5, 0.6) is 0 Å². The lowest BCUT2D eigenvalue weighted by atomic mass is 10.1. The third-order valence-corrected chi connectivity index (χ3v) is 5.45. The first kappa shape index (κ1) is 20.9. The van der Waals surface area contributed by atoms with Gasteiger partial charge in [-0.2, -0.15) is 0 Å². The van der Waals surface area contributed by atoms with Crippen molar-refractivity contribution in [2.45, 2.75) is 6.54 Å². The van der Waals surface area contributed by atoms with Gasteiger partial charge in [0.2, 0.25) is 0 Å². The van der Waals surface area contributed by atoms with E-state index in [9.17, 15) is 0 Å². The second-order valence-corrected chi connectivity index (χ2v) is 7.78. The van der Waals surface area contributed by atoms with Gasteiger partial charge in [0.15, 0.2) is 17.5 Å². The van der Waals surface area contributed by atoms with Crippen molar-refractivity contribution in [1.29, 1.82) is 0 Å². The van der Waals surface area contributed by atoms with Gasteiger partial charge in [0.25, 0.3) is 0 Å². The van der Waals surface area contributed by atoms with Gasteiger partial charge >= 0.3 is 0 Å². The first-order valence-electron chi connectivity index (χ1n) is 10.7. The summed E-state index contributed by atoms with van der Waals surface area (Å²) < 4.78 is 5.43. The SMILES string of the molecule is Nc1ncc(Nc2cncc(N3CCOCC3)c2)nc1N(N)Cc1ccc2ncccc2c1. The molecule has 4 heterocycles. The Balaban J connectivity index is 1.33. The van der Waals surface area contributed by atoms with Crippen LogP contribution in [0.4, 0.5) is 28.8 Å². The molecule has 10 heteroatoms. The van der Waals surface area contributed by atoms with E-state index in [1.165, 1.54) is 5.01 Å². The quantitative estimate of drug-likeness (QED) is 0.302. The van der Waals surface area contributed by atoms with Crippen molar-refractivity contribution in [3.63, 3.8) is 0 Å². The number of hydrazine groups is 1. The average Bonchev–Trinajstić information content (AvgIpc) is 2.86. The minimum Gasteiger partial charge on any atom is -0.381 e. The largest absolute Gasteiger partial charge is 0.381 e. The number of ether oxygens (including phenoxy) is 1. The fourth-order valence-electron chi connectivity index (χ4n) is 3.79. The lowest BCUT2D eigenvalue weighted by Gasteiger charge is -2.28. The zero-order chi connectivity index (χ0) is 22.6. The van der Waals surface area contributed by atoms with Crippen LogP contribution < -0.4 is 26.8 Å². The van der Waals surface area contributed by atoms with Crippen molar-refractivity contribution in [2.24, 2.45) is 5.84 Å². The van der Waals surface area contributed by atoms with Crippen molar-refractivity contribution in [3.05, 3.63) is 66.7 Å². The molecule has 1 saturated heterocycles. The van der Waals surface area contributed by atoms with E-state index in [1.54, 1.807) is 18.6 Å². The van der Waals surface area contributed by atoms with E-state index in [0.717, 1.165) is 40.9 Å². The van der Waals surface area contributed by atoms with Gasteiger partial charge in [-0.1, -0.05) is 12.1 Å². The summed E-state index contributed by atoms with van der Waals surface area (Å²) in [6.07, 6.45) is 6.94. The van der Waals surface area contributed by atoms with E-state index >= 15 is 0 Å². The predicted octanol–water partition coefficient (Wildman–Crippen LogP) is 2.46. The van der Waals surface area contributed by atoms with Gasteiger partial charge in [-0.15, -0.1) is 0 Å². The number of fused-ring (bicyclic) bond motifs is 1. The highest BCUT2D eigenvalue weighted by Crippen LogP contribution is 2.25. The third kappa shape index (κ3) is 4.76. The lowest BCUT2D eigenvalue weighted by molar-refractivity contribution is 0.122. The van der Waals surface area contributed by atoms with Crippen molar-refractivity contribution in [3.8, 4) is 0 Å². The van der Waals surface area contributed by atoms with Gasteiger partial charge in [-0.05, 0) is 29.8 Å². The van der Waals surface area contributed by atoms with E-state index in [2.05, 4.69) is 36.2 Å². The maximum Gasteiger partial charge on any atom is 0.188 e. The molecular weight excluding hydrogens is 418 g/mol. The molecule has 1 aliphatic heterocycles. The number of pyridine rings is 2. The highest BCUT2D eigenvalue weighted by molar-refractivity contribution is 5.79. The Kier molecular flexibility index (Phi) is 5.83. The van der Waals surface area contributed by atoms with Crippen LogP contribution in [0.3, 0.4) is 0 Å². The number of nitrogens with one attached hydrogen (secondary N) is 1. The Labute approximate surface area is 191 Å². The van der Waals surface area contributed by atoms with Crippen LogP contribution >= 0.6 is 0 Å². The Morgan fingerprint density at radius 1 is 1.06 bits per heavy atom. The zero-order valence-corrected chi connectivity index (χ0v) is 18.1. The topological polar surface area (TPSA) is 131 Å². The van der Waals surface area contributed by atoms with Crippen LogP contribution in [0.2, 0.25) is 0 Å². The summed E-state index contributed by atoms with van der Waals surface area (Å²) in [6, 6.07) is 12.0. The number of aromatic nitrogens is 4. The number of morpholine rings is 1. The summed E-state index contributed by atoms with van der Waals surface area (Å²) in [5, 5.41) is 5.79. The van der Waals surface area contributed by atoms with Crippen LogP contribution in [-0.4, -0.2) is 46.2 Å². The first-order chi connectivity index (χ1) is 16.2. The summed E-state index contributed by atoms with van der Waals surface area (Å²) in [4.78, 5) is 19.8. The molecule has 4 aromatic rings. The van der Waals surface area contributed by atoms with Gasteiger partial charge in [0.1, 0.15) is 0 Å². The van der Waals surface area contributed by atoms with Crippen LogP contribution in [0, 0.1) is 0 Å². The molecule has 0 unspecified atom stereocenters. The van der Waals surface area contributed by atoms with Crippen molar-refractivity contribution in [1.82, 2.24) is 19.9 Å². The van der Waals surface area contributed by atoms with Crippen LogP contribution in [0.1, 0.15) is 5.56 Å². The second kappa shape index (κ2) is 9.23. The standard InChI is InChI=1S/C23H25N9O/c24-22-23(32(25)15-16-3-4-20-17(10-16)2-1-5-27-20)30-21(14-28-22)29-18-11-19(13-26-12-18)31-6-8-33-9-7-31/h1-5,10-14H,6-9,15,25H2,(H2,24,28)(H,29,30). The molecule has 1 aliphatic rings. The molecule has 33 heavy (non-hydrogen) atoms. The molecule has 5 N–H and O–H groups in total. The van der Waals surface area contributed by atoms with E-state index in [4.69, 9.17) is 16.3 Å². The molecule has 0 radical (unpaired) electrons. The Bertz CT molecular complexity index is 1260. The number of rotatable bonds is 6. The number of nitrogen functional groups attached to an aromatic ring is 1. The van der Waals surface area contributed by atoms with E-state index in [-0.39, 0.29) is 5.82 Å². The fraction of sp³-hybridized carbons (Fsp3) is 0.217. The Morgan fingerprint density at radius 2 is 1.94 bits per heavy atom. The van der Waals surface area contributed by atoms with E-state index < -0.39 is 0 Å². The van der Waals surface area contributed by atoms with Crippen molar-refractivity contribution >= 4 is 39.7 Å². The highest BCUT2D eigenvalue weighted by atomic mass is 16.5. The molecule has 5 rings (SSSR count). The maximum atomic E-state index is 6.33. The molecule has 10 nitrogen and oxygen atoms in total. The molecule has 0 saturated carbocycles. The predicted molar refractivity (Wildman–Crippen MR) is 129 cm³/mol. The summed E-state index contributed by atoms with van der Waals surface area (Å²) in [5.41, 5.74) is 9.86. The minimum absolute atomic E-state index is 0.255. The number of hydrogen-bond acceptors (Lipinski definition) is 10. The molecule has 3 aromatic heterocycles. The second-order valence-electron chi connectivity index (χ2n) is 7.78. The normalized spacial score (nSPS) is 13.8. The first-order valence-corrected chi connectivity index (χ1v) is 10.7. The lowest BCUT2D eigenvalue weighted by Crippen LogP contribution is -2.36. The number of hydrogen-bond donors (Lipinski definition) is 3. The molecular formula is C23H25N9O. The zero-order valence-electron chi connectivity index (χ0n) is 18.1. The highest BCUT2D eigenvalue weighted by Gasteiger charge is 2.14. The molecule has 1 aromatic carbocycles. The van der Waals surface area contributed by atoms with E-state index in [0.29, 0.717) is 31.4 Å². The number of nitrogens with zero attached hydrogens (tertiary/aromatic N) is 6. The number of benzene rings is 1. The maximum absolute atomic E-state index is 6.33. The molecule has 0 spiro atoms. The Hall–Kier alpha value is -4.02. The summed E-state index contributed by atoms with van der Waals surface area (Å²) in [7, 11) is 0. The molecule has 0 atom stereocenters. The molecule has 1 fully saturated rings. The Morgan fingerprint density at radius 3 is 2.82 bits per heavy atom.